The minimum atomic E-state index is -0.483. The molecule has 4 rings (SSSR count). The number of rotatable bonds is 6. The van der Waals surface area contributed by atoms with Crippen LogP contribution in [0, 0.1) is 13.8 Å². The van der Waals surface area contributed by atoms with Crippen LogP contribution >= 0.6 is 11.3 Å². The highest BCUT2D eigenvalue weighted by atomic mass is 32.1. The van der Waals surface area contributed by atoms with Gasteiger partial charge in [0.05, 0.1) is 40.0 Å². The predicted molar refractivity (Wildman–Crippen MR) is 96.4 cm³/mol. The summed E-state index contributed by atoms with van der Waals surface area (Å²) in [6.07, 6.45) is 3.13. The monoisotopic (exact) mass is 373 g/mol. The number of thiazole rings is 1. The third-order valence-corrected chi connectivity index (χ3v) is 5.59. The lowest BCUT2D eigenvalue weighted by atomic mass is 10.1. The number of aromatic nitrogens is 2. The topological polar surface area (TPSA) is 97.5 Å². The first kappa shape index (κ1) is 17.0. The molecule has 0 radical (unpaired) electrons. The van der Waals surface area contributed by atoms with Crippen LogP contribution in [-0.4, -0.2) is 33.1 Å². The lowest BCUT2D eigenvalue weighted by Gasteiger charge is -2.14. The molecule has 3 aromatic rings. The van der Waals surface area contributed by atoms with E-state index in [-0.39, 0.29) is 12.5 Å². The SMILES string of the molecule is Cc1ncsc1COc1cc2c(C(=O)NC3(CO)CC3)c(C)oc2cn1. The van der Waals surface area contributed by atoms with Gasteiger partial charge in [-0.15, -0.1) is 11.3 Å². The lowest BCUT2D eigenvalue weighted by molar-refractivity contribution is 0.0906. The number of amides is 1. The van der Waals surface area contributed by atoms with Crippen molar-refractivity contribution in [3.63, 3.8) is 0 Å². The molecule has 1 aliphatic rings. The molecule has 2 N–H and O–H groups in total. The van der Waals surface area contributed by atoms with E-state index in [9.17, 15) is 9.90 Å². The van der Waals surface area contributed by atoms with Crippen molar-refractivity contribution in [3.8, 4) is 5.88 Å². The van der Waals surface area contributed by atoms with E-state index >= 15 is 0 Å². The van der Waals surface area contributed by atoms with Crippen molar-refractivity contribution in [1.29, 1.82) is 0 Å². The van der Waals surface area contributed by atoms with Crippen molar-refractivity contribution < 1.29 is 19.1 Å². The summed E-state index contributed by atoms with van der Waals surface area (Å²) in [5.74, 6) is 0.690. The number of aryl methyl sites for hydroxylation is 2. The maximum atomic E-state index is 12.7. The molecule has 1 aliphatic carbocycles. The summed E-state index contributed by atoms with van der Waals surface area (Å²) >= 11 is 1.53. The molecule has 0 unspecified atom stereocenters. The van der Waals surface area contributed by atoms with Crippen LogP contribution in [0.1, 0.15) is 39.5 Å². The van der Waals surface area contributed by atoms with Crippen LogP contribution in [0.3, 0.4) is 0 Å². The second kappa shape index (κ2) is 6.37. The van der Waals surface area contributed by atoms with E-state index in [1.54, 1.807) is 24.7 Å². The van der Waals surface area contributed by atoms with Gasteiger partial charge in [0.15, 0.2) is 5.58 Å². The van der Waals surface area contributed by atoms with Crippen LogP contribution in [0.4, 0.5) is 0 Å². The standard InChI is InChI=1S/C18H19N3O4S/c1-10-14(26-9-20-10)7-24-15-5-12-13(6-19-15)25-11(2)16(12)17(23)21-18(8-22)3-4-18/h5-6,9,22H,3-4,7-8H2,1-2H3,(H,21,23). The summed E-state index contributed by atoms with van der Waals surface area (Å²) in [5.41, 5.74) is 3.22. The molecule has 8 heteroatoms. The number of ether oxygens (including phenoxy) is 1. The summed E-state index contributed by atoms with van der Waals surface area (Å²) in [7, 11) is 0. The second-order valence-corrected chi connectivity index (χ2v) is 7.53. The van der Waals surface area contributed by atoms with E-state index in [1.165, 1.54) is 11.3 Å². The number of hydrogen-bond donors (Lipinski definition) is 2. The summed E-state index contributed by atoms with van der Waals surface area (Å²) in [5, 5.41) is 13.0. The Morgan fingerprint density at radius 2 is 2.23 bits per heavy atom. The zero-order valence-corrected chi connectivity index (χ0v) is 15.4. The first-order chi connectivity index (χ1) is 12.5. The van der Waals surface area contributed by atoms with E-state index in [0.29, 0.717) is 34.8 Å². The van der Waals surface area contributed by atoms with Crippen LogP contribution in [0.2, 0.25) is 0 Å². The Bertz CT molecular complexity index is 974. The normalized spacial score (nSPS) is 15.2. The largest absolute Gasteiger partial charge is 0.472 e. The van der Waals surface area contributed by atoms with Gasteiger partial charge in [-0.1, -0.05) is 0 Å². The molecule has 1 fully saturated rings. The maximum Gasteiger partial charge on any atom is 0.255 e. The number of pyridine rings is 1. The zero-order valence-electron chi connectivity index (χ0n) is 14.5. The average molecular weight is 373 g/mol. The summed E-state index contributed by atoms with van der Waals surface area (Å²) in [6, 6.07) is 1.72. The van der Waals surface area contributed by atoms with Gasteiger partial charge in [0.2, 0.25) is 5.88 Å². The highest BCUT2D eigenvalue weighted by Crippen LogP contribution is 2.36. The summed E-state index contributed by atoms with van der Waals surface area (Å²) in [6.45, 7) is 4.00. The second-order valence-electron chi connectivity index (χ2n) is 6.59. The van der Waals surface area contributed by atoms with Crippen molar-refractivity contribution >= 4 is 28.2 Å². The number of furan rings is 1. The fourth-order valence-electron chi connectivity index (χ4n) is 2.85. The van der Waals surface area contributed by atoms with Crippen LogP contribution in [-0.2, 0) is 6.61 Å². The molecule has 0 atom stereocenters. The first-order valence-electron chi connectivity index (χ1n) is 8.36. The molecule has 1 saturated carbocycles. The number of carbonyl (C=O) groups excluding carboxylic acids is 1. The van der Waals surface area contributed by atoms with E-state index in [4.69, 9.17) is 9.15 Å². The van der Waals surface area contributed by atoms with Crippen LogP contribution in [0.5, 0.6) is 5.88 Å². The van der Waals surface area contributed by atoms with E-state index in [2.05, 4.69) is 15.3 Å². The highest BCUT2D eigenvalue weighted by molar-refractivity contribution is 7.09. The van der Waals surface area contributed by atoms with Gasteiger partial charge in [-0.3, -0.25) is 4.79 Å². The molecule has 0 aromatic carbocycles. The molecule has 3 aromatic heterocycles. The molecule has 1 amide bonds. The summed E-state index contributed by atoms with van der Waals surface area (Å²) in [4.78, 5) is 22.2. The van der Waals surface area contributed by atoms with E-state index in [0.717, 1.165) is 23.4 Å². The van der Waals surface area contributed by atoms with Crippen LogP contribution < -0.4 is 10.1 Å². The van der Waals surface area contributed by atoms with Crippen molar-refractivity contribution in [2.45, 2.75) is 38.8 Å². The lowest BCUT2D eigenvalue weighted by Crippen LogP contribution is -2.39. The number of fused-ring (bicyclic) bond motifs is 1. The number of carbonyl (C=O) groups is 1. The van der Waals surface area contributed by atoms with Gasteiger partial charge in [0.25, 0.3) is 5.91 Å². The van der Waals surface area contributed by atoms with Crippen LogP contribution in [0.15, 0.2) is 22.2 Å². The Morgan fingerprint density at radius 3 is 2.88 bits per heavy atom. The Kier molecular flexibility index (Phi) is 4.16. The molecule has 3 heterocycles. The van der Waals surface area contributed by atoms with E-state index in [1.807, 2.05) is 6.92 Å². The molecule has 7 nitrogen and oxygen atoms in total. The molecule has 0 aliphatic heterocycles. The molecule has 136 valence electrons. The number of nitrogens with one attached hydrogen (secondary N) is 1. The summed E-state index contributed by atoms with van der Waals surface area (Å²) < 4.78 is 11.4. The van der Waals surface area contributed by atoms with Crippen molar-refractivity contribution in [2.24, 2.45) is 0 Å². The fraction of sp³-hybridized carbons (Fsp3) is 0.389. The average Bonchev–Trinajstić information content (AvgIpc) is 3.14. The molecule has 26 heavy (non-hydrogen) atoms. The maximum absolute atomic E-state index is 12.7. The molecule has 0 bridgehead atoms. The Balaban J connectivity index is 1.60. The Morgan fingerprint density at radius 1 is 1.42 bits per heavy atom. The third-order valence-electron chi connectivity index (χ3n) is 4.68. The predicted octanol–water partition coefficient (Wildman–Crippen LogP) is 2.73. The van der Waals surface area contributed by atoms with Gasteiger partial charge in [0.1, 0.15) is 12.4 Å². The van der Waals surface area contributed by atoms with Gasteiger partial charge in [-0.25, -0.2) is 9.97 Å². The Labute approximate surface area is 154 Å². The number of hydrogen-bond acceptors (Lipinski definition) is 7. The van der Waals surface area contributed by atoms with Gasteiger partial charge >= 0.3 is 0 Å². The number of nitrogens with zero attached hydrogens (tertiary/aromatic N) is 2. The molecular weight excluding hydrogens is 354 g/mol. The van der Waals surface area contributed by atoms with Gasteiger partial charge in [-0.2, -0.15) is 0 Å². The molecular formula is C18H19N3O4S. The van der Waals surface area contributed by atoms with E-state index < -0.39 is 5.54 Å². The zero-order chi connectivity index (χ0) is 18.3. The first-order valence-corrected chi connectivity index (χ1v) is 9.23. The number of aliphatic hydroxyl groups excluding tert-OH is 1. The smallest absolute Gasteiger partial charge is 0.255 e. The number of aliphatic hydroxyl groups is 1. The molecule has 0 saturated heterocycles. The quantitative estimate of drug-likeness (QED) is 0.689. The molecule has 0 spiro atoms. The van der Waals surface area contributed by atoms with Gasteiger partial charge in [0, 0.05) is 11.5 Å². The van der Waals surface area contributed by atoms with Gasteiger partial charge < -0.3 is 19.6 Å². The van der Waals surface area contributed by atoms with Crippen molar-refractivity contribution in [3.05, 3.63) is 39.7 Å². The van der Waals surface area contributed by atoms with Crippen molar-refractivity contribution in [1.82, 2.24) is 15.3 Å². The highest BCUT2D eigenvalue weighted by Gasteiger charge is 2.44. The van der Waals surface area contributed by atoms with Crippen LogP contribution in [0.25, 0.3) is 11.0 Å². The minimum Gasteiger partial charge on any atom is -0.472 e. The van der Waals surface area contributed by atoms with Gasteiger partial charge in [-0.05, 0) is 26.7 Å². The minimum absolute atomic E-state index is 0.0578. The Hall–Kier alpha value is -2.45. The third kappa shape index (κ3) is 3.06. The fourth-order valence-corrected chi connectivity index (χ4v) is 3.54. The van der Waals surface area contributed by atoms with Crippen molar-refractivity contribution in [2.75, 3.05) is 6.61 Å².